The van der Waals surface area contributed by atoms with Crippen molar-refractivity contribution >= 4 is 24.1 Å². The van der Waals surface area contributed by atoms with Crippen molar-refractivity contribution in [2.45, 2.75) is 32.1 Å². The minimum absolute atomic E-state index is 0.0853. The van der Waals surface area contributed by atoms with Crippen molar-refractivity contribution in [2.24, 2.45) is 10.9 Å². The molecule has 0 saturated carbocycles. The molecule has 1 aliphatic rings. The lowest BCUT2D eigenvalue weighted by molar-refractivity contribution is -0.307. The Labute approximate surface area is 132 Å². The predicted octanol–water partition coefficient (Wildman–Crippen LogP) is -0.129. The molecular formula is C16H16NO6-. The maximum Gasteiger partial charge on any atom is 0.329 e. The summed E-state index contributed by atoms with van der Waals surface area (Å²) >= 11 is 0. The topological polar surface area (TPSA) is 105 Å². The van der Waals surface area contributed by atoms with Crippen LogP contribution in [0.2, 0.25) is 0 Å². The summed E-state index contributed by atoms with van der Waals surface area (Å²) in [7, 11) is 0. The van der Waals surface area contributed by atoms with Gasteiger partial charge in [0.15, 0.2) is 5.92 Å². The molecule has 0 unspecified atom stereocenters. The molecule has 23 heavy (non-hydrogen) atoms. The van der Waals surface area contributed by atoms with Gasteiger partial charge < -0.3 is 19.4 Å². The van der Waals surface area contributed by atoms with Gasteiger partial charge in [-0.25, -0.2) is 0 Å². The van der Waals surface area contributed by atoms with Crippen molar-refractivity contribution in [3.05, 3.63) is 35.9 Å². The van der Waals surface area contributed by atoms with Crippen molar-refractivity contribution in [2.75, 3.05) is 0 Å². The fourth-order valence-corrected chi connectivity index (χ4v) is 2.07. The van der Waals surface area contributed by atoms with Gasteiger partial charge in [0.1, 0.15) is 0 Å². The second-order valence-corrected chi connectivity index (χ2v) is 5.54. The van der Waals surface area contributed by atoms with E-state index in [-0.39, 0.29) is 6.42 Å². The van der Waals surface area contributed by atoms with Crippen molar-refractivity contribution in [1.82, 2.24) is 0 Å². The van der Waals surface area contributed by atoms with Gasteiger partial charge in [-0.15, -0.1) is 0 Å². The molecule has 7 heteroatoms. The fraction of sp³-hybridized carbons (Fsp3) is 0.375. The standard InChI is InChI=1S/C16H17NO6/c1-16(2)22-14(20)11(15(21)23-16)9-17-12(13(18)19)8-10-6-4-3-5-7-10/h3-7,9,11-12H,8H2,1-2H3,(H,18,19)/p-1/t12-/m1/s1. The zero-order chi connectivity index (χ0) is 17.0. The molecule has 0 radical (unpaired) electrons. The highest BCUT2D eigenvalue weighted by Gasteiger charge is 2.42. The van der Waals surface area contributed by atoms with Crippen molar-refractivity contribution in [3.63, 3.8) is 0 Å². The monoisotopic (exact) mass is 318 g/mol. The molecule has 0 spiro atoms. The third kappa shape index (κ3) is 4.38. The highest BCUT2D eigenvalue weighted by atomic mass is 16.7. The first-order chi connectivity index (χ1) is 10.8. The molecule has 7 nitrogen and oxygen atoms in total. The van der Waals surface area contributed by atoms with Crippen LogP contribution in [0.4, 0.5) is 0 Å². The Morgan fingerprint density at radius 2 is 1.83 bits per heavy atom. The number of carboxylic acids is 1. The van der Waals surface area contributed by atoms with Crippen LogP contribution >= 0.6 is 0 Å². The van der Waals surface area contributed by atoms with Gasteiger partial charge in [0.25, 0.3) is 5.79 Å². The Hall–Kier alpha value is -2.70. The van der Waals surface area contributed by atoms with Crippen LogP contribution in [-0.4, -0.2) is 36.0 Å². The van der Waals surface area contributed by atoms with E-state index in [4.69, 9.17) is 9.47 Å². The lowest BCUT2D eigenvalue weighted by Gasteiger charge is -2.31. The number of nitrogens with zero attached hydrogens (tertiary/aromatic N) is 1. The zero-order valence-electron chi connectivity index (χ0n) is 12.7. The normalized spacial score (nSPS) is 19.2. The molecule has 1 saturated heterocycles. The number of esters is 2. The lowest BCUT2D eigenvalue weighted by Crippen LogP contribution is -2.47. The van der Waals surface area contributed by atoms with Gasteiger partial charge in [-0.3, -0.25) is 14.6 Å². The Bertz CT molecular complexity index is 617. The van der Waals surface area contributed by atoms with Crippen LogP contribution in [-0.2, 0) is 30.3 Å². The molecule has 0 bridgehead atoms. The van der Waals surface area contributed by atoms with Crippen LogP contribution in [0.1, 0.15) is 19.4 Å². The van der Waals surface area contributed by atoms with Crippen LogP contribution in [0.3, 0.4) is 0 Å². The lowest BCUT2D eigenvalue weighted by atomic mass is 10.1. The number of ether oxygens (including phenoxy) is 2. The zero-order valence-corrected chi connectivity index (χ0v) is 12.7. The number of rotatable bonds is 5. The number of carbonyl (C=O) groups is 3. The van der Waals surface area contributed by atoms with Crippen LogP contribution < -0.4 is 5.11 Å². The van der Waals surface area contributed by atoms with Crippen LogP contribution in [0.25, 0.3) is 0 Å². The number of aliphatic carboxylic acids is 1. The summed E-state index contributed by atoms with van der Waals surface area (Å²) < 4.78 is 9.86. The van der Waals surface area contributed by atoms with E-state index in [0.29, 0.717) is 0 Å². The van der Waals surface area contributed by atoms with Crippen molar-refractivity contribution in [3.8, 4) is 0 Å². The molecular weight excluding hydrogens is 302 g/mol. The van der Waals surface area contributed by atoms with E-state index in [9.17, 15) is 19.5 Å². The van der Waals surface area contributed by atoms with Gasteiger partial charge >= 0.3 is 11.9 Å². The largest absolute Gasteiger partial charge is 0.548 e. The molecule has 1 heterocycles. The summed E-state index contributed by atoms with van der Waals surface area (Å²) in [6, 6.07) is 7.62. The fourth-order valence-electron chi connectivity index (χ4n) is 2.07. The van der Waals surface area contributed by atoms with Crippen LogP contribution in [0.15, 0.2) is 35.3 Å². The molecule has 0 N–H and O–H groups in total. The number of hydrogen-bond donors (Lipinski definition) is 0. The summed E-state index contributed by atoms with van der Waals surface area (Å²) in [5, 5.41) is 11.2. The van der Waals surface area contributed by atoms with Gasteiger partial charge in [0, 0.05) is 26.5 Å². The van der Waals surface area contributed by atoms with E-state index in [0.717, 1.165) is 11.8 Å². The molecule has 1 aliphatic heterocycles. The smallest absolute Gasteiger partial charge is 0.329 e. The maximum absolute atomic E-state index is 11.8. The third-order valence-corrected chi connectivity index (χ3v) is 3.16. The van der Waals surface area contributed by atoms with E-state index in [1.54, 1.807) is 30.3 Å². The van der Waals surface area contributed by atoms with Gasteiger partial charge in [0.2, 0.25) is 0 Å². The number of aliphatic imine (C=N–C) groups is 1. The predicted molar refractivity (Wildman–Crippen MR) is 77.2 cm³/mol. The first kappa shape index (κ1) is 16.7. The molecule has 1 atom stereocenters. The van der Waals surface area contributed by atoms with Crippen LogP contribution in [0.5, 0.6) is 0 Å². The quantitative estimate of drug-likeness (QED) is 0.425. The highest BCUT2D eigenvalue weighted by molar-refractivity contribution is 6.10. The van der Waals surface area contributed by atoms with E-state index in [1.807, 2.05) is 0 Å². The molecule has 0 amide bonds. The summed E-state index contributed by atoms with van der Waals surface area (Å²) in [5.41, 5.74) is 0.744. The minimum atomic E-state index is -1.40. The number of hydrogen-bond acceptors (Lipinski definition) is 7. The maximum atomic E-state index is 11.8. The summed E-state index contributed by atoms with van der Waals surface area (Å²) in [6.07, 6.45) is 1.03. The van der Waals surface area contributed by atoms with Crippen LogP contribution in [0, 0.1) is 5.92 Å². The van der Waals surface area contributed by atoms with Crippen molar-refractivity contribution < 1.29 is 29.0 Å². The summed E-state index contributed by atoms with van der Waals surface area (Å²) in [4.78, 5) is 38.6. The molecule has 122 valence electrons. The number of cyclic esters (lactones) is 2. The molecule has 2 rings (SSSR count). The third-order valence-electron chi connectivity index (χ3n) is 3.16. The van der Waals surface area contributed by atoms with Gasteiger partial charge in [-0.2, -0.15) is 0 Å². The van der Waals surface area contributed by atoms with E-state index >= 15 is 0 Å². The van der Waals surface area contributed by atoms with Gasteiger partial charge in [0.05, 0.1) is 12.0 Å². The Balaban J connectivity index is 2.10. The second kappa shape index (κ2) is 6.60. The van der Waals surface area contributed by atoms with Gasteiger partial charge in [-0.1, -0.05) is 30.3 Å². The Kier molecular flexibility index (Phi) is 4.78. The first-order valence-electron chi connectivity index (χ1n) is 7.02. The highest BCUT2D eigenvalue weighted by Crippen LogP contribution is 2.22. The Morgan fingerprint density at radius 1 is 1.26 bits per heavy atom. The number of carboxylic acid groups (broad SMARTS) is 1. The van der Waals surface area contributed by atoms with Gasteiger partial charge in [-0.05, 0) is 5.56 Å². The van der Waals surface area contributed by atoms with E-state index in [2.05, 4.69) is 4.99 Å². The average Bonchev–Trinajstić information content (AvgIpc) is 2.44. The number of benzene rings is 1. The molecule has 0 aromatic heterocycles. The summed E-state index contributed by atoms with van der Waals surface area (Å²) in [6.45, 7) is 2.85. The van der Waals surface area contributed by atoms with E-state index in [1.165, 1.54) is 13.8 Å². The van der Waals surface area contributed by atoms with Crippen molar-refractivity contribution in [1.29, 1.82) is 0 Å². The average molecular weight is 318 g/mol. The summed E-state index contributed by atoms with van der Waals surface area (Å²) in [5.74, 6) is -5.77. The Morgan fingerprint density at radius 3 is 2.35 bits per heavy atom. The van der Waals surface area contributed by atoms with E-state index < -0.39 is 35.7 Å². The second-order valence-electron chi connectivity index (χ2n) is 5.54. The molecule has 1 aromatic carbocycles. The number of carbonyl (C=O) groups excluding carboxylic acids is 3. The first-order valence-corrected chi connectivity index (χ1v) is 7.02. The minimum Gasteiger partial charge on any atom is -0.548 e. The molecule has 1 fully saturated rings. The SMILES string of the molecule is CC1(C)OC(=O)C(C=N[C@H](Cc2ccccc2)C(=O)[O-])C(=O)O1. The molecule has 1 aromatic rings. The molecule has 0 aliphatic carbocycles.